The van der Waals surface area contributed by atoms with E-state index < -0.39 is 10.0 Å². The maximum absolute atomic E-state index is 12.3. The SMILES string of the molecule is CCOc1ccc(S(=O)(=O)NC2CCNC(C)C2)cc1.Cl. The summed E-state index contributed by atoms with van der Waals surface area (Å²) in [6.07, 6.45) is 1.64. The Morgan fingerprint density at radius 3 is 2.57 bits per heavy atom. The Morgan fingerprint density at radius 1 is 1.33 bits per heavy atom. The van der Waals surface area contributed by atoms with E-state index in [0.717, 1.165) is 19.4 Å². The topological polar surface area (TPSA) is 67.4 Å². The number of hydrogen-bond donors (Lipinski definition) is 2. The standard InChI is InChI=1S/C14H22N2O3S.ClH/c1-3-19-13-4-6-14(7-5-13)20(17,18)16-12-8-9-15-11(2)10-12;/h4-7,11-12,15-16H,3,8-10H2,1-2H3;1H. The maximum Gasteiger partial charge on any atom is 0.240 e. The molecule has 0 aliphatic carbocycles. The minimum atomic E-state index is -3.45. The Bertz CT molecular complexity index is 534. The molecular weight excluding hydrogens is 312 g/mol. The van der Waals surface area contributed by atoms with Crippen molar-refractivity contribution in [3.63, 3.8) is 0 Å². The van der Waals surface area contributed by atoms with Crippen molar-refractivity contribution in [1.29, 1.82) is 0 Å². The van der Waals surface area contributed by atoms with Crippen LogP contribution in [0.15, 0.2) is 29.2 Å². The lowest BCUT2D eigenvalue weighted by molar-refractivity contribution is 0.340. The van der Waals surface area contributed by atoms with Gasteiger partial charge in [-0.05, 0) is 57.5 Å². The molecule has 0 bridgehead atoms. The van der Waals surface area contributed by atoms with Gasteiger partial charge in [0.05, 0.1) is 11.5 Å². The molecule has 0 saturated carbocycles. The molecule has 1 heterocycles. The van der Waals surface area contributed by atoms with Gasteiger partial charge in [-0.25, -0.2) is 13.1 Å². The normalized spacial score (nSPS) is 22.4. The molecule has 0 amide bonds. The molecule has 21 heavy (non-hydrogen) atoms. The highest BCUT2D eigenvalue weighted by atomic mass is 35.5. The summed E-state index contributed by atoms with van der Waals surface area (Å²) in [5.41, 5.74) is 0. The molecule has 7 heteroatoms. The largest absolute Gasteiger partial charge is 0.494 e. The summed E-state index contributed by atoms with van der Waals surface area (Å²) in [7, 11) is -3.45. The van der Waals surface area contributed by atoms with Crippen LogP contribution in [0.4, 0.5) is 0 Å². The zero-order chi connectivity index (χ0) is 14.6. The van der Waals surface area contributed by atoms with E-state index in [1.807, 2.05) is 6.92 Å². The van der Waals surface area contributed by atoms with E-state index >= 15 is 0 Å². The highest BCUT2D eigenvalue weighted by molar-refractivity contribution is 7.89. The van der Waals surface area contributed by atoms with E-state index in [1.165, 1.54) is 0 Å². The molecule has 1 aromatic rings. The molecule has 1 aromatic carbocycles. The number of benzene rings is 1. The summed E-state index contributed by atoms with van der Waals surface area (Å²) in [6.45, 7) is 5.37. The monoisotopic (exact) mass is 334 g/mol. The second-order valence-electron chi connectivity index (χ2n) is 5.10. The minimum Gasteiger partial charge on any atom is -0.494 e. The van der Waals surface area contributed by atoms with Gasteiger partial charge in [-0.3, -0.25) is 0 Å². The minimum absolute atomic E-state index is 0. The molecule has 2 rings (SSSR count). The molecule has 1 saturated heterocycles. The van der Waals surface area contributed by atoms with Crippen molar-refractivity contribution < 1.29 is 13.2 Å². The van der Waals surface area contributed by atoms with Crippen LogP contribution in [0.5, 0.6) is 5.75 Å². The lowest BCUT2D eigenvalue weighted by Crippen LogP contribution is -2.46. The van der Waals surface area contributed by atoms with E-state index in [0.29, 0.717) is 18.4 Å². The Morgan fingerprint density at radius 2 is 2.00 bits per heavy atom. The lowest BCUT2D eigenvalue weighted by atomic mass is 10.0. The van der Waals surface area contributed by atoms with Crippen LogP contribution in [-0.4, -0.2) is 33.7 Å². The summed E-state index contributed by atoms with van der Waals surface area (Å²) < 4.78 is 32.7. The zero-order valence-electron chi connectivity index (χ0n) is 12.3. The van der Waals surface area contributed by atoms with Crippen molar-refractivity contribution >= 4 is 22.4 Å². The Hall–Kier alpha value is -0.820. The molecule has 0 radical (unpaired) electrons. The molecule has 1 aliphatic rings. The second-order valence-corrected chi connectivity index (χ2v) is 6.82. The average Bonchev–Trinajstić information content (AvgIpc) is 2.39. The highest BCUT2D eigenvalue weighted by Gasteiger charge is 2.24. The first kappa shape index (κ1) is 18.2. The van der Waals surface area contributed by atoms with Crippen molar-refractivity contribution in [3.8, 4) is 5.75 Å². The van der Waals surface area contributed by atoms with Crippen molar-refractivity contribution in [2.75, 3.05) is 13.2 Å². The predicted octanol–water partition coefficient (Wildman–Crippen LogP) is 1.93. The molecule has 2 N–H and O–H groups in total. The van der Waals surface area contributed by atoms with Crippen LogP contribution in [0.2, 0.25) is 0 Å². The van der Waals surface area contributed by atoms with Gasteiger partial charge in [0.1, 0.15) is 5.75 Å². The Balaban J connectivity index is 0.00000220. The third kappa shape index (κ3) is 5.14. The van der Waals surface area contributed by atoms with Crippen molar-refractivity contribution in [2.45, 2.75) is 43.7 Å². The van der Waals surface area contributed by atoms with Crippen LogP contribution in [0, 0.1) is 0 Å². The lowest BCUT2D eigenvalue weighted by Gasteiger charge is -2.28. The number of rotatable bonds is 5. The van der Waals surface area contributed by atoms with Crippen molar-refractivity contribution in [1.82, 2.24) is 10.0 Å². The fourth-order valence-electron chi connectivity index (χ4n) is 2.41. The predicted molar refractivity (Wildman–Crippen MR) is 85.7 cm³/mol. The van der Waals surface area contributed by atoms with Crippen molar-refractivity contribution in [2.24, 2.45) is 0 Å². The number of hydrogen-bond acceptors (Lipinski definition) is 4. The van der Waals surface area contributed by atoms with Gasteiger partial charge in [0.15, 0.2) is 0 Å². The summed E-state index contributed by atoms with van der Waals surface area (Å²) in [5.74, 6) is 0.682. The van der Waals surface area contributed by atoms with Crippen LogP contribution in [0.3, 0.4) is 0 Å². The number of ether oxygens (including phenoxy) is 1. The molecular formula is C14H23ClN2O3S. The number of piperidine rings is 1. The number of sulfonamides is 1. The third-order valence-corrected chi connectivity index (χ3v) is 4.93. The molecule has 0 aromatic heterocycles. The van der Waals surface area contributed by atoms with Gasteiger partial charge in [-0.15, -0.1) is 12.4 Å². The number of halogens is 1. The zero-order valence-corrected chi connectivity index (χ0v) is 14.0. The van der Waals surface area contributed by atoms with Gasteiger partial charge in [0.2, 0.25) is 10.0 Å². The van der Waals surface area contributed by atoms with Crippen LogP contribution in [0.1, 0.15) is 26.7 Å². The molecule has 0 spiro atoms. The molecule has 120 valence electrons. The summed E-state index contributed by atoms with van der Waals surface area (Å²) in [5, 5.41) is 3.31. The van der Waals surface area contributed by atoms with Gasteiger partial charge in [0.25, 0.3) is 0 Å². The summed E-state index contributed by atoms with van der Waals surface area (Å²) in [6, 6.07) is 6.88. The fraction of sp³-hybridized carbons (Fsp3) is 0.571. The first-order valence-electron chi connectivity index (χ1n) is 7.00. The molecule has 2 unspecified atom stereocenters. The van der Waals surface area contributed by atoms with Gasteiger partial charge in [-0.1, -0.05) is 0 Å². The van der Waals surface area contributed by atoms with Gasteiger partial charge in [0, 0.05) is 12.1 Å². The molecule has 1 fully saturated rings. The van der Waals surface area contributed by atoms with Gasteiger partial charge in [-0.2, -0.15) is 0 Å². The summed E-state index contributed by atoms with van der Waals surface area (Å²) >= 11 is 0. The molecule has 2 atom stereocenters. The first-order chi connectivity index (χ1) is 9.51. The highest BCUT2D eigenvalue weighted by Crippen LogP contribution is 2.18. The van der Waals surface area contributed by atoms with Crippen LogP contribution < -0.4 is 14.8 Å². The van der Waals surface area contributed by atoms with E-state index in [-0.39, 0.29) is 23.3 Å². The first-order valence-corrected chi connectivity index (χ1v) is 8.48. The maximum atomic E-state index is 12.3. The van der Waals surface area contributed by atoms with Gasteiger partial charge >= 0.3 is 0 Å². The number of nitrogens with one attached hydrogen (secondary N) is 2. The molecule has 5 nitrogen and oxygen atoms in total. The van der Waals surface area contributed by atoms with E-state index in [1.54, 1.807) is 24.3 Å². The third-order valence-electron chi connectivity index (χ3n) is 3.39. The van der Waals surface area contributed by atoms with Crippen LogP contribution in [-0.2, 0) is 10.0 Å². The Kier molecular flexibility index (Phi) is 6.93. The average molecular weight is 335 g/mol. The quantitative estimate of drug-likeness (QED) is 0.863. The van der Waals surface area contributed by atoms with E-state index in [2.05, 4.69) is 17.0 Å². The fourth-order valence-corrected chi connectivity index (χ4v) is 3.69. The van der Waals surface area contributed by atoms with E-state index in [4.69, 9.17) is 4.74 Å². The molecule has 1 aliphatic heterocycles. The van der Waals surface area contributed by atoms with Crippen LogP contribution in [0.25, 0.3) is 0 Å². The van der Waals surface area contributed by atoms with Crippen LogP contribution >= 0.6 is 12.4 Å². The van der Waals surface area contributed by atoms with E-state index in [9.17, 15) is 8.42 Å². The van der Waals surface area contributed by atoms with Crippen molar-refractivity contribution in [3.05, 3.63) is 24.3 Å². The summed E-state index contributed by atoms with van der Waals surface area (Å²) in [4.78, 5) is 0.284. The Labute approximate surface area is 132 Å². The second kappa shape index (κ2) is 7.98. The van der Waals surface area contributed by atoms with Gasteiger partial charge < -0.3 is 10.1 Å². The smallest absolute Gasteiger partial charge is 0.240 e.